The fourth-order valence-corrected chi connectivity index (χ4v) is 4.52. The van der Waals surface area contributed by atoms with E-state index in [4.69, 9.17) is 5.11 Å². The molecule has 8 heteroatoms. The van der Waals surface area contributed by atoms with Crippen LogP contribution in [0.15, 0.2) is 29.2 Å². The summed E-state index contributed by atoms with van der Waals surface area (Å²) in [4.78, 5) is 24.5. The number of anilines is 1. The minimum absolute atomic E-state index is 0.0246. The molecule has 2 aliphatic heterocycles. The molecule has 1 atom stereocenters. The smallest absolute Gasteiger partial charge is 0.308 e. The lowest BCUT2D eigenvalue weighted by Gasteiger charge is -2.18. The van der Waals surface area contributed by atoms with Crippen LogP contribution in [-0.2, 0) is 19.6 Å². The molecule has 2 fully saturated rings. The van der Waals surface area contributed by atoms with Crippen molar-refractivity contribution < 1.29 is 23.1 Å². The summed E-state index contributed by atoms with van der Waals surface area (Å²) >= 11 is 0. The van der Waals surface area contributed by atoms with Gasteiger partial charge in [-0.2, -0.15) is 4.31 Å². The first-order chi connectivity index (χ1) is 10.9. The largest absolute Gasteiger partial charge is 0.481 e. The Labute approximate surface area is 134 Å². The van der Waals surface area contributed by atoms with Crippen LogP contribution in [0.4, 0.5) is 5.69 Å². The average Bonchev–Trinajstić information content (AvgIpc) is 3.17. The number of hydrogen-bond donors (Lipinski definition) is 1. The van der Waals surface area contributed by atoms with Gasteiger partial charge in [0.25, 0.3) is 0 Å². The number of hydrogen-bond acceptors (Lipinski definition) is 4. The standard InChI is InChI=1S/C15H18N2O5S/c18-14-9-11(15(19)20)10-17(14)12-3-5-13(6-4-12)23(21,22)16-7-1-2-8-16/h3-6,11H,1-2,7-10H2,(H,19,20). The molecule has 1 amide bonds. The number of aliphatic carboxylic acids is 1. The van der Waals surface area contributed by atoms with Gasteiger partial charge in [-0.25, -0.2) is 8.42 Å². The first-order valence-electron chi connectivity index (χ1n) is 7.53. The molecular weight excluding hydrogens is 320 g/mol. The summed E-state index contributed by atoms with van der Waals surface area (Å²) < 4.78 is 26.3. The lowest BCUT2D eigenvalue weighted by Crippen LogP contribution is -2.28. The van der Waals surface area contributed by atoms with Crippen molar-refractivity contribution in [3.05, 3.63) is 24.3 Å². The third-order valence-electron chi connectivity index (χ3n) is 4.33. The molecular formula is C15H18N2O5S. The van der Waals surface area contributed by atoms with E-state index in [1.54, 1.807) is 12.1 Å². The van der Waals surface area contributed by atoms with E-state index in [1.165, 1.54) is 21.3 Å². The summed E-state index contributed by atoms with van der Waals surface area (Å²) in [6.07, 6.45) is 1.72. The van der Waals surface area contributed by atoms with Gasteiger partial charge >= 0.3 is 5.97 Å². The second-order valence-corrected chi connectivity index (χ2v) is 7.79. The van der Waals surface area contributed by atoms with Gasteiger partial charge in [-0.3, -0.25) is 9.59 Å². The van der Waals surface area contributed by atoms with Crippen molar-refractivity contribution in [2.45, 2.75) is 24.2 Å². The molecule has 1 unspecified atom stereocenters. The van der Waals surface area contributed by atoms with Gasteiger partial charge in [0.1, 0.15) is 0 Å². The molecule has 0 spiro atoms. The van der Waals surface area contributed by atoms with E-state index in [9.17, 15) is 18.0 Å². The number of nitrogens with zero attached hydrogens (tertiary/aromatic N) is 2. The highest BCUT2D eigenvalue weighted by Crippen LogP contribution is 2.27. The quantitative estimate of drug-likeness (QED) is 0.880. The molecule has 1 aromatic rings. The second kappa shape index (κ2) is 5.93. The molecule has 1 N–H and O–H groups in total. The van der Waals surface area contributed by atoms with Crippen molar-refractivity contribution in [2.75, 3.05) is 24.5 Å². The van der Waals surface area contributed by atoms with E-state index in [0.29, 0.717) is 18.8 Å². The Kier molecular flexibility index (Phi) is 4.11. The zero-order valence-electron chi connectivity index (χ0n) is 12.5. The van der Waals surface area contributed by atoms with Gasteiger partial charge in [-0.1, -0.05) is 0 Å². The molecule has 7 nitrogen and oxygen atoms in total. The maximum Gasteiger partial charge on any atom is 0.308 e. The minimum atomic E-state index is -3.48. The van der Waals surface area contributed by atoms with Gasteiger partial charge in [-0.05, 0) is 37.1 Å². The number of carbonyl (C=O) groups excluding carboxylic acids is 1. The van der Waals surface area contributed by atoms with Gasteiger partial charge in [0.15, 0.2) is 0 Å². The Hall–Kier alpha value is -1.93. The van der Waals surface area contributed by atoms with Crippen LogP contribution in [-0.4, -0.2) is 49.3 Å². The van der Waals surface area contributed by atoms with E-state index in [1.807, 2.05) is 0 Å². The highest BCUT2D eigenvalue weighted by atomic mass is 32.2. The molecule has 0 aliphatic carbocycles. The Morgan fingerprint density at radius 2 is 1.74 bits per heavy atom. The van der Waals surface area contributed by atoms with Crippen molar-refractivity contribution in [1.29, 1.82) is 0 Å². The zero-order valence-corrected chi connectivity index (χ0v) is 13.3. The number of carboxylic acids is 1. The van der Waals surface area contributed by atoms with Crippen LogP contribution >= 0.6 is 0 Å². The number of carbonyl (C=O) groups is 2. The number of sulfonamides is 1. The first kappa shape index (κ1) is 15.9. The summed E-state index contributed by atoms with van der Waals surface area (Å²) in [6.45, 7) is 1.19. The molecule has 2 aliphatic rings. The molecule has 0 radical (unpaired) electrons. The fourth-order valence-electron chi connectivity index (χ4n) is 3.00. The lowest BCUT2D eigenvalue weighted by atomic mass is 10.1. The monoisotopic (exact) mass is 338 g/mol. The van der Waals surface area contributed by atoms with Crippen molar-refractivity contribution in [3.63, 3.8) is 0 Å². The molecule has 2 heterocycles. The number of carboxylic acid groups (broad SMARTS) is 1. The van der Waals surface area contributed by atoms with E-state index >= 15 is 0 Å². The summed E-state index contributed by atoms with van der Waals surface area (Å²) in [5.74, 6) is -1.96. The van der Waals surface area contributed by atoms with Crippen molar-refractivity contribution in [1.82, 2.24) is 4.31 Å². The molecule has 2 saturated heterocycles. The van der Waals surface area contributed by atoms with E-state index in [-0.39, 0.29) is 23.8 Å². The zero-order chi connectivity index (χ0) is 16.6. The van der Waals surface area contributed by atoms with Crippen LogP contribution < -0.4 is 4.90 Å². The SMILES string of the molecule is O=C(O)C1CC(=O)N(c2ccc(S(=O)(=O)N3CCCC3)cc2)C1. The van der Waals surface area contributed by atoms with Crippen molar-refractivity contribution in [3.8, 4) is 0 Å². The summed E-state index contributed by atoms with van der Waals surface area (Å²) in [6, 6.07) is 6.07. The summed E-state index contributed by atoms with van der Waals surface area (Å²) in [7, 11) is -3.48. The third kappa shape index (κ3) is 2.96. The minimum Gasteiger partial charge on any atom is -0.481 e. The Morgan fingerprint density at radius 3 is 2.26 bits per heavy atom. The van der Waals surface area contributed by atoms with Gasteiger partial charge in [0, 0.05) is 31.7 Å². The van der Waals surface area contributed by atoms with E-state index in [0.717, 1.165) is 12.8 Å². The fraction of sp³-hybridized carbons (Fsp3) is 0.467. The maximum atomic E-state index is 12.4. The molecule has 23 heavy (non-hydrogen) atoms. The average molecular weight is 338 g/mol. The maximum absolute atomic E-state index is 12.4. The van der Waals surface area contributed by atoms with Gasteiger partial charge in [0.2, 0.25) is 15.9 Å². The van der Waals surface area contributed by atoms with E-state index in [2.05, 4.69) is 0 Å². The molecule has 3 rings (SSSR count). The number of amides is 1. The van der Waals surface area contributed by atoms with Crippen LogP contribution in [0, 0.1) is 5.92 Å². The van der Waals surface area contributed by atoms with Crippen LogP contribution in [0.1, 0.15) is 19.3 Å². The first-order valence-corrected chi connectivity index (χ1v) is 8.97. The van der Waals surface area contributed by atoms with Gasteiger partial charge in [-0.15, -0.1) is 0 Å². The van der Waals surface area contributed by atoms with Crippen LogP contribution in [0.25, 0.3) is 0 Å². The van der Waals surface area contributed by atoms with Crippen molar-refractivity contribution in [2.24, 2.45) is 5.92 Å². The van der Waals surface area contributed by atoms with Gasteiger partial charge in [0.05, 0.1) is 10.8 Å². The molecule has 0 aromatic heterocycles. The van der Waals surface area contributed by atoms with Gasteiger partial charge < -0.3 is 10.0 Å². The van der Waals surface area contributed by atoms with Crippen LogP contribution in [0.2, 0.25) is 0 Å². The Morgan fingerprint density at radius 1 is 1.13 bits per heavy atom. The Balaban J connectivity index is 1.80. The molecule has 0 saturated carbocycles. The summed E-state index contributed by atoms with van der Waals surface area (Å²) in [5.41, 5.74) is 0.527. The molecule has 124 valence electrons. The lowest BCUT2D eigenvalue weighted by molar-refractivity contribution is -0.141. The predicted molar refractivity (Wildman–Crippen MR) is 82.5 cm³/mol. The third-order valence-corrected chi connectivity index (χ3v) is 6.24. The Bertz CT molecular complexity index is 723. The van der Waals surface area contributed by atoms with E-state index < -0.39 is 21.9 Å². The normalized spacial score (nSPS) is 22.7. The predicted octanol–water partition coefficient (Wildman–Crippen LogP) is 0.909. The number of benzene rings is 1. The highest BCUT2D eigenvalue weighted by Gasteiger charge is 2.35. The highest BCUT2D eigenvalue weighted by molar-refractivity contribution is 7.89. The number of rotatable bonds is 4. The molecule has 0 bridgehead atoms. The molecule has 1 aromatic carbocycles. The second-order valence-electron chi connectivity index (χ2n) is 5.85. The summed E-state index contributed by atoms with van der Waals surface area (Å²) in [5, 5.41) is 9.00. The van der Waals surface area contributed by atoms with Crippen LogP contribution in [0.3, 0.4) is 0 Å². The topological polar surface area (TPSA) is 95.0 Å². The van der Waals surface area contributed by atoms with Crippen LogP contribution in [0.5, 0.6) is 0 Å². The van der Waals surface area contributed by atoms with Crippen molar-refractivity contribution >= 4 is 27.6 Å².